The molecule has 1 atom stereocenters. The highest BCUT2D eigenvalue weighted by Crippen LogP contribution is 2.29. The van der Waals surface area contributed by atoms with E-state index in [1.807, 2.05) is 0 Å². The molecule has 1 aromatic heterocycles. The Morgan fingerprint density at radius 1 is 1.33 bits per heavy atom. The van der Waals surface area contributed by atoms with Crippen LogP contribution in [0.15, 0.2) is 41.0 Å². The topological polar surface area (TPSA) is 80.9 Å². The lowest BCUT2D eigenvalue weighted by Crippen LogP contribution is -2.28. The smallest absolute Gasteiger partial charge is 0.325 e. The maximum atomic E-state index is 11.5. The molecule has 112 valence electrons. The van der Waals surface area contributed by atoms with Gasteiger partial charge in [0.05, 0.1) is 27.0 Å². The van der Waals surface area contributed by atoms with Gasteiger partial charge in [0, 0.05) is 5.56 Å². The summed E-state index contributed by atoms with van der Waals surface area (Å²) < 4.78 is 15.6. The molecule has 0 saturated heterocycles. The van der Waals surface area contributed by atoms with Crippen molar-refractivity contribution in [3.8, 4) is 11.5 Å². The third-order valence-electron chi connectivity index (χ3n) is 3.06. The molecule has 0 radical (unpaired) electrons. The normalized spacial score (nSPS) is 11.9. The summed E-state index contributed by atoms with van der Waals surface area (Å²) in [5.41, 5.74) is 0.496. The maximum absolute atomic E-state index is 11.5. The largest absolute Gasteiger partial charge is 0.497 e. The fourth-order valence-electron chi connectivity index (χ4n) is 2.01. The van der Waals surface area contributed by atoms with Crippen LogP contribution in [0, 0.1) is 0 Å². The van der Waals surface area contributed by atoms with Crippen LogP contribution in [-0.2, 0) is 11.3 Å². The molecule has 21 heavy (non-hydrogen) atoms. The zero-order valence-electron chi connectivity index (χ0n) is 11.8. The van der Waals surface area contributed by atoms with Crippen molar-refractivity contribution in [1.29, 1.82) is 0 Å². The maximum Gasteiger partial charge on any atom is 0.325 e. The second-order valence-corrected chi connectivity index (χ2v) is 4.34. The van der Waals surface area contributed by atoms with Crippen LogP contribution in [0.25, 0.3) is 0 Å². The average Bonchev–Trinajstić information content (AvgIpc) is 3.00. The molecule has 0 spiro atoms. The van der Waals surface area contributed by atoms with E-state index in [4.69, 9.17) is 13.9 Å². The third-order valence-corrected chi connectivity index (χ3v) is 3.06. The van der Waals surface area contributed by atoms with Crippen molar-refractivity contribution in [1.82, 2.24) is 5.32 Å². The van der Waals surface area contributed by atoms with Crippen molar-refractivity contribution in [2.75, 3.05) is 14.2 Å². The molecule has 0 amide bonds. The summed E-state index contributed by atoms with van der Waals surface area (Å²) in [5.74, 6) is 0.697. The van der Waals surface area contributed by atoms with Gasteiger partial charge in [0.2, 0.25) is 0 Å². The van der Waals surface area contributed by atoms with E-state index in [-0.39, 0.29) is 0 Å². The van der Waals surface area contributed by atoms with Gasteiger partial charge in [0.1, 0.15) is 23.3 Å². The van der Waals surface area contributed by atoms with Gasteiger partial charge in [-0.05, 0) is 30.3 Å². The van der Waals surface area contributed by atoms with Gasteiger partial charge in [-0.2, -0.15) is 0 Å². The Morgan fingerprint density at radius 2 is 2.14 bits per heavy atom. The molecule has 2 aromatic rings. The van der Waals surface area contributed by atoms with Crippen LogP contribution in [0.2, 0.25) is 0 Å². The number of methoxy groups -OCH3 is 2. The number of nitrogens with one attached hydrogen (secondary N) is 1. The van der Waals surface area contributed by atoms with E-state index in [9.17, 15) is 9.90 Å². The zero-order chi connectivity index (χ0) is 15.2. The Bertz CT molecular complexity index is 594. The van der Waals surface area contributed by atoms with Crippen LogP contribution in [0.4, 0.5) is 0 Å². The minimum Gasteiger partial charge on any atom is -0.497 e. The summed E-state index contributed by atoms with van der Waals surface area (Å²) in [6.07, 6.45) is 1.54. The van der Waals surface area contributed by atoms with E-state index in [0.29, 0.717) is 29.4 Å². The van der Waals surface area contributed by atoms with Gasteiger partial charge in [-0.1, -0.05) is 0 Å². The summed E-state index contributed by atoms with van der Waals surface area (Å²) in [6, 6.07) is 7.63. The molecule has 0 bridgehead atoms. The number of rotatable bonds is 7. The van der Waals surface area contributed by atoms with Crippen molar-refractivity contribution in [2.24, 2.45) is 0 Å². The molecule has 0 saturated carbocycles. The lowest BCUT2D eigenvalue weighted by atomic mass is 10.0. The van der Waals surface area contributed by atoms with Crippen molar-refractivity contribution in [2.45, 2.75) is 12.6 Å². The number of furan rings is 1. The number of carbonyl (C=O) groups is 1. The number of aliphatic carboxylic acids is 1. The van der Waals surface area contributed by atoms with Gasteiger partial charge < -0.3 is 19.0 Å². The van der Waals surface area contributed by atoms with Crippen LogP contribution >= 0.6 is 0 Å². The number of hydrogen-bond donors (Lipinski definition) is 2. The Kier molecular flexibility index (Phi) is 4.84. The predicted octanol–water partition coefficient (Wildman–Crippen LogP) is 2.21. The third kappa shape index (κ3) is 3.55. The Balaban J connectivity index is 2.26. The Labute approximate surface area is 122 Å². The predicted molar refractivity (Wildman–Crippen MR) is 75.5 cm³/mol. The average molecular weight is 291 g/mol. The molecule has 2 N–H and O–H groups in total. The van der Waals surface area contributed by atoms with E-state index >= 15 is 0 Å². The standard InChI is InChI=1S/C15H17NO5/c1-19-10-5-6-13(20-2)12(8-10)14(15(17)18)16-9-11-4-3-7-21-11/h3-8,14,16H,9H2,1-2H3,(H,17,18). The van der Waals surface area contributed by atoms with Crippen LogP contribution in [0.5, 0.6) is 11.5 Å². The highest BCUT2D eigenvalue weighted by Gasteiger charge is 2.24. The molecule has 0 aliphatic carbocycles. The number of ether oxygens (including phenoxy) is 2. The molecule has 0 aliphatic rings. The van der Waals surface area contributed by atoms with Crippen LogP contribution in [0.1, 0.15) is 17.4 Å². The Morgan fingerprint density at radius 3 is 2.71 bits per heavy atom. The van der Waals surface area contributed by atoms with E-state index in [0.717, 1.165) is 0 Å². The first-order chi connectivity index (χ1) is 10.2. The molecular weight excluding hydrogens is 274 g/mol. The second-order valence-electron chi connectivity index (χ2n) is 4.34. The molecule has 0 fully saturated rings. The first-order valence-corrected chi connectivity index (χ1v) is 6.36. The van der Waals surface area contributed by atoms with E-state index in [1.165, 1.54) is 14.2 Å². The second kappa shape index (κ2) is 6.81. The molecule has 1 heterocycles. The number of benzene rings is 1. The minimum absolute atomic E-state index is 0.296. The Hall–Kier alpha value is -2.47. The summed E-state index contributed by atoms with van der Waals surface area (Å²) >= 11 is 0. The number of hydrogen-bond acceptors (Lipinski definition) is 5. The molecule has 0 aliphatic heterocycles. The molecule has 1 aromatic carbocycles. The first-order valence-electron chi connectivity index (χ1n) is 6.36. The van der Waals surface area contributed by atoms with Gasteiger partial charge in [-0.25, -0.2) is 0 Å². The fourth-order valence-corrected chi connectivity index (χ4v) is 2.01. The SMILES string of the molecule is COc1ccc(OC)c(C(NCc2ccco2)C(=O)O)c1. The van der Waals surface area contributed by atoms with Gasteiger partial charge in [0.15, 0.2) is 0 Å². The summed E-state index contributed by atoms with van der Waals surface area (Å²) in [4.78, 5) is 11.5. The van der Waals surface area contributed by atoms with E-state index in [2.05, 4.69) is 5.32 Å². The van der Waals surface area contributed by atoms with Crippen LogP contribution < -0.4 is 14.8 Å². The van der Waals surface area contributed by atoms with Gasteiger partial charge >= 0.3 is 5.97 Å². The van der Waals surface area contributed by atoms with Gasteiger partial charge in [0.25, 0.3) is 0 Å². The van der Waals surface area contributed by atoms with Crippen molar-refractivity contribution in [3.63, 3.8) is 0 Å². The van der Waals surface area contributed by atoms with Crippen molar-refractivity contribution in [3.05, 3.63) is 47.9 Å². The molecule has 6 heteroatoms. The first kappa shape index (κ1) is 14.9. The summed E-state index contributed by atoms with van der Waals surface area (Å²) in [5, 5.41) is 12.4. The molecule has 2 rings (SSSR count). The molecular formula is C15H17NO5. The van der Waals surface area contributed by atoms with Gasteiger partial charge in [-0.3, -0.25) is 10.1 Å². The highest BCUT2D eigenvalue weighted by molar-refractivity contribution is 5.77. The molecule has 1 unspecified atom stereocenters. The van der Waals surface area contributed by atoms with E-state index in [1.54, 1.807) is 36.6 Å². The lowest BCUT2D eigenvalue weighted by Gasteiger charge is -2.18. The van der Waals surface area contributed by atoms with Crippen LogP contribution in [0.3, 0.4) is 0 Å². The van der Waals surface area contributed by atoms with Crippen molar-refractivity contribution >= 4 is 5.97 Å². The van der Waals surface area contributed by atoms with Gasteiger partial charge in [-0.15, -0.1) is 0 Å². The minimum atomic E-state index is -1.01. The van der Waals surface area contributed by atoms with Crippen molar-refractivity contribution < 1.29 is 23.8 Å². The van der Waals surface area contributed by atoms with E-state index < -0.39 is 12.0 Å². The zero-order valence-corrected chi connectivity index (χ0v) is 11.8. The monoisotopic (exact) mass is 291 g/mol. The summed E-state index contributed by atoms with van der Waals surface area (Å²) in [6.45, 7) is 0.296. The number of carboxylic acids is 1. The quantitative estimate of drug-likeness (QED) is 0.814. The molecule has 6 nitrogen and oxygen atoms in total. The fraction of sp³-hybridized carbons (Fsp3) is 0.267. The van der Waals surface area contributed by atoms with Crippen LogP contribution in [-0.4, -0.2) is 25.3 Å². The lowest BCUT2D eigenvalue weighted by molar-refractivity contribution is -0.139. The summed E-state index contributed by atoms with van der Waals surface area (Å²) in [7, 11) is 3.02. The highest BCUT2D eigenvalue weighted by atomic mass is 16.5. The number of carboxylic acid groups (broad SMARTS) is 1.